The molecule has 0 radical (unpaired) electrons. The van der Waals surface area contributed by atoms with Crippen molar-refractivity contribution in [3.8, 4) is 0 Å². The first-order valence-electron chi connectivity index (χ1n) is 5.07. The Morgan fingerprint density at radius 1 is 1.53 bits per heavy atom. The maximum Gasteiger partial charge on any atom is 0.241 e. The fourth-order valence-electron chi connectivity index (χ4n) is 1.60. The molecule has 2 rings (SSSR count). The molecule has 0 atom stereocenters. The van der Waals surface area contributed by atoms with Crippen LogP contribution in [0.3, 0.4) is 0 Å². The molecule has 0 saturated carbocycles. The van der Waals surface area contributed by atoms with Crippen molar-refractivity contribution in [3.05, 3.63) is 5.82 Å². The van der Waals surface area contributed by atoms with E-state index in [2.05, 4.69) is 14.7 Å². The maximum atomic E-state index is 11.6. The van der Waals surface area contributed by atoms with Gasteiger partial charge in [-0.25, -0.2) is 4.98 Å². The number of hydrogen-bond donors (Lipinski definition) is 1. The van der Waals surface area contributed by atoms with E-state index in [-0.39, 0.29) is 5.91 Å². The van der Waals surface area contributed by atoms with Crippen molar-refractivity contribution >= 4 is 22.6 Å². The Morgan fingerprint density at radius 2 is 2.27 bits per heavy atom. The summed E-state index contributed by atoms with van der Waals surface area (Å²) in [6, 6.07) is 0. The Balaban J connectivity index is 1.80. The molecule has 5 nitrogen and oxygen atoms in total. The predicted octanol–water partition coefficient (Wildman–Crippen LogP) is 0.881. The molecule has 0 bridgehead atoms. The number of rotatable bonds is 3. The number of carbonyl (C=O) groups excluding carboxylic acids is 1. The van der Waals surface area contributed by atoms with Crippen LogP contribution in [0, 0.1) is 6.92 Å². The first-order chi connectivity index (χ1) is 7.25. The fraction of sp³-hybridized carbons (Fsp3) is 0.667. The molecule has 0 aliphatic carbocycles. The monoisotopic (exact) mass is 226 g/mol. The van der Waals surface area contributed by atoms with Crippen molar-refractivity contribution < 1.29 is 4.79 Å². The van der Waals surface area contributed by atoms with Gasteiger partial charge < -0.3 is 10.2 Å². The number of carbonyl (C=O) groups is 1. The van der Waals surface area contributed by atoms with Crippen LogP contribution in [0.25, 0.3) is 0 Å². The first kappa shape index (κ1) is 10.4. The Morgan fingerprint density at radius 3 is 2.87 bits per heavy atom. The van der Waals surface area contributed by atoms with Crippen LogP contribution in [0.2, 0.25) is 0 Å². The van der Waals surface area contributed by atoms with Crippen LogP contribution in [0.5, 0.6) is 0 Å². The number of aromatic nitrogens is 2. The lowest BCUT2D eigenvalue weighted by Gasteiger charge is -2.14. The van der Waals surface area contributed by atoms with Gasteiger partial charge in [-0.2, -0.15) is 4.37 Å². The van der Waals surface area contributed by atoms with Crippen LogP contribution in [0.4, 0.5) is 5.13 Å². The molecule has 0 aromatic carbocycles. The zero-order valence-electron chi connectivity index (χ0n) is 8.69. The summed E-state index contributed by atoms with van der Waals surface area (Å²) >= 11 is 1.29. The van der Waals surface area contributed by atoms with E-state index in [9.17, 15) is 4.79 Å². The van der Waals surface area contributed by atoms with Gasteiger partial charge in [0.05, 0.1) is 6.54 Å². The second-order valence-electron chi connectivity index (χ2n) is 3.59. The summed E-state index contributed by atoms with van der Waals surface area (Å²) in [7, 11) is 0. The standard InChI is InChI=1S/C9H14N4OS/c1-7-11-9(15-12-7)10-6-8(14)13-4-2-3-5-13/h2-6H2,1H3,(H,10,11,12). The predicted molar refractivity (Wildman–Crippen MR) is 58.9 cm³/mol. The van der Waals surface area contributed by atoms with Gasteiger partial charge in [0.15, 0.2) is 0 Å². The second kappa shape index (κ2) is 4.57. The SMILES string of the molecule is Cc1nsc(NCC(=O)N2CCCC2)n1. The lowest BCUT2D eigenvalue weighted by atomic mass is 10.4. The van der Waals surface area contributed by atoms with E-state index < -0.39 is 0 Å². The molecule has 0 spiro atoms. The number of aryl methyl sites for hydroxylation is 1. The average molecular weight is 226 g/mol. The van der Waals surface area contributed by atoms with Gasteiger partial charge in [0.25, 0.3) is 0 Å². The zero-order valence-corrected chi connectivity index (χ0v) is 9.51. The molecule has 82 valence electrons. The van der Waals surface area contributed by atoms with Gasteiger partial charge in [0, 0.05) is 24.6 Å². The highest BCUT2D eigenvalue weighted by Gasteiger charge is 2.17. The largest absolute Gasteiger partial charge is 0.351 e. The van der Waals surface area contributed by atoms with E-state index in [1.54, 1.807) is 0 Å². The van der Waals surface area contributed by atoms with Crippen molar-refractivity contribution in [2.45, 2.75) is 19.8 Å². The number of nitrogens with one attached hydrogen (secondary N) is 1. The Bertz CT molecular complexity index is 346. The van der Waals surface area contributed by atoms with Crippen molar-refractivity contribution in [2.24, 2.45) is 0 Å². The van der Waals surface area contributed by atoms with E-state index in [0.717, 1.165) is 36.9 Å². The molecule has 1 fully saturated rings. The third-order valence-electron chi connectivity index (χ3n) is 2.38. The quantitative estimate of drug-likeness (QED) is 0.831. The molecule has 6 heteroatoms. The van der Waals surface area contributed by atoms with Gasteiger partial charge in [-0.15, -0.1) is 0 Å². The van der Waals surface area contributed by atoms with Gasteiger partial charge in [0.2, 0.25) is 11.0 Å². The summed E-state index contributed by atoms with van der Waals surface area (Å²) < 4.78 is 4.04. The second-order valence-corrected chi connectivity index (χ2v) is 4.34. The van der Waals surface area contributed by atoms with Crippen LogP contribution in [0.1, 0.15) is 18.7 Å². The molecule has 15 heavy (non-hydrogen) atoms. The lowest BCUT2D eigenvalue weighted by molar-refractivity contribution is -0.128. The molecule has 1 aliphatic heterocycles. The summed E-state index contributed by atoms with van der Waals surface area (Å²) in [4.78, 5) is 17.7. The highest BCUT2D eigenvalue weighted by molar-refractivity contribution is 7.09. The number of amides is 1. The summed E-state index contributed by atoms with van der Waals surface area (Å²) in [5, 5.41) is 3.72. The first-order valence-corrected chi connectivity index (χ1v) is 5.85. The van der Waals surface area contributed by atoms with Crippen molar-refractivity contribution in [1.29, 1.82) is 0 Å². The van der Waals surface area contributed by atoms with Crippen LogP contribution >= 0.6 is 11.5 Å². The molecule has 1 aromatic rings. The average Bonchev–Trinajstić information content (AvgIpc) is 2.84. The van der Waals surface area contributed by atoms with E-state index in [1.807, 2.05) is 11.8 Å². The van der Waals surface area contributed by atoms with Gasteiger partial charge in [0.1, 0.15) is 5.82 Å². The Labute approximate surface area is 92.7 Å². The summed E-state index contributed by atoms with van der Waals surface area (Å²) in [6.07, 6.45) is 2.26. The van der Waals surface area contributed by atoms with Crippen molar-refractivity contribution in [3.63, 3.8) is 0 Å². The van der Waals surface area contributed by atoms with Gasteiger partial charge in [-0.3, -0.25) is 4.79 Å². The molecule has 1 N–H and O–H groups in total. The third kappa shape index (κ3) is 2.65. The minimum Gasteiger partial charge on any atom is -0.351 e. The topological polar surface area (TPSA) is 58.1 Å². The Hall–Kier alpha value is -1.17. The number of nitrogens with zero attached hydrogens (tertiary/aromatic N) is 3. The maximum absolute atomic E-state index is 11.6. The van der Waals surface area contributed by atoms with E-state index in [0.29, 0.717) is 6.54 Å². The van der Waals surface area contributed by atoms with Crippen LogP contribution in [-0.4, -0.2) is 39.8 Å². The van der Waals surface area contributed by atoms with Gasteiger partial charge >= 0.3 is 0 Å². The normalized spacial score (nSPS) is 15.7. The number of anilines is 1. The Kier molecular flexibility index (Phi) is 3.15. The molecular formula is C9H14N4OS. The number of likely N-dealkylation sites (tertiary alicyclic amines) is 1. The van der Waals surface area contributed by atoms with Crippen LogP contribution < -0.4 is 5.32 Å². The molecule has 1 saturated heterocycles. The molecule has 0 unspecified atom stereocenters. The van der Waals surface area contributed by atoms with Crippen molar-refractivity contribution in [1.82, 2.24) is 14.3 Å². The summed E-state index contributed by atoms with van der Waals surface area (Å²) in [5.74, 6) is 0.900. The van der Waals surface area contributed by atoms with E-state index in [1.165, 1.54) is 11.5 Å². The van der Waals surface area contributed by atoms with Crippen LogP contribution in [0.15, 0.2) is 0 Å². The molecule has 1 amide bonds. The fourth-order valence-corrected chi connectivity index (χ4v) is 2.17. The third-order valence-corrected chi connectivity index (χ3v) is 3.14. The van der Waals surface area contributed by atoms with Crippen LogP contribution in [-0.2, 0) is 4.79 Å². The molecular weight excluding hydrogens is 212 g/mol. The van der Waals surface area contributed by atoms with E-state index >= 15 is 0 Å². The molecule has 2 heterocycles. The zero-order chi connectivity index (χ0) is 10.7. The van der Waals surface area contributed by atoms with Crippen molar-refractivity contribution in [2.75, 3.05) is 25.0 Å². The minimum atomic E-state index is 0.153. The van der Waals surface area contributed by atoms with Gasteiger partial charge in [-0.1, -0.05) is 0 Å². The highest BCUT2D eigenvalue weighted by Crippen LogP contribution is 2.11. The minimum absolute atomic E-state index is 0.153. The highest BCUT2D eigenvalue weighted by atomic mass is 32.1. The summed E-state index contributed by atoms with van der Waals surface area (Å²) in [6.45, 7) is 3.96. The smallest absolute Gasteiger partial charge is 0.241 e. The molecule has 1 aliphatic rings. The lowest BCUT2D eigenvalue weighted by Crippen LogP contribution is -2.32. The summed E-state index contributed by atoms with van der Waals surface area (Å²) in [5.41, 5.74) is 0. The molecule has 1 aromatic heterocycles. The number of hydrogen-bond acceptors (Lipinski definition) is 5. The van der Waals surface area contributed by atoms with E-state index in [4.69, 9.17) is 0 Å². The van der Waals surface area contributed by atoms with Gasteiger partial charge in [-0.05, 0) is 19.8 Å².